The van der Waals surface area contributed by atoms with Crippen molar-refractivity contribution in [3.05, 3.63) is 269 Å². The smallest absolute Gasteiger partial charge is 0.315 e. The molecular weight excluding hydrogens is 1170 g/mol. The number of esters is 1. The van der Waals surface area contributed by atoms with E-state index in [9.17, 15) is 43.8 Å². The highest BCUT2D eigenvalue weighted by molar-refractivity contribution is 5.98. The van der Waals surface area contributed by atoms with Crippen LogP contribution in [0.4, 0.5) is 0 Å². The van der Waals surface area contributed by atoms with E-state index >= 15 is 0 Å². The van der Waals surface area contributed by atoms with E-state index in [2.05, 4.69) is 15.3 Å². The summed E-state index contributed by atoms with van der Waals surface area (Å²) in [5.74, 6) is -5.37. The van der Waals surface area contributed by atoms with Crippen molar-refractivity contribution in [3.8, 4) is 28.7 Å². The Morgan fingerprint density at radius 2 is 1.02 bits per heavy atom. The molecule has 0 radical (unpaired) electrons. The van der Waals surface area contributed by atoms with E-state index in [0.717, 1.165) is 35.3 Å². The third-order valence-electron chi connectivity index (χ3n) is 18.0. The average Bonchev–Trinajstić information content (AvgIpc) is 0.769. The second kappa shape index (κ2) is 25.2. The average molecular weight is 1240 g/mol. The minimum Gasteiger partial charge on any atom is -0.508 e. The number of fused-ring (bicyclic) bond motifs is 3. The predicted octanol–water partition coefficient (Wildman–Crippen LogP) is 8.41. The van der Waals surface area contributed by atoms with Gasteiger partial charge in [-0.25, -0.2) is 0 Å². The molecule has 0 bridgehead atoms. The first-order valence-corrected chi connectivity index (χ1v) is 30.6. The van der Waals surface area contributed by atoms with Gasteiger partial charge in [0.05, 0.1) is 43.1 Å². The molecule has 4 aliphatic heterocycles. The Morgan fingerprint density at radius 1 is 0.533 bits per heavy atom. The second-order valence-electron chi connectivity index (χ2n) is 24.0. The molecule has 2 N–H and O–H groups in total. The van der Waals surface area contributed by atoms with Crippen molar-refractivity contribution in [2.75, 3.05) is 39.9 Å². The molecule has 3 amide bonds. The maximum atomic E-state index is 14.7. The lowest BCUT2D eigenvalue weighted by molar-refractivity contribution is -0.133. The summed E-state index contributed by atoms with van der Waals surface area (Å²) in [6.07, 6.45) is 3.91. The summed E-state index contributed by atoms with van der Waals surface area (Å²) >= 11 is 0. The first kappa shape index (κ1) is 60.1. The van der Waals surface area contributed by atoms with Crippen molar-refractivity contribution >= 4 is 23.7 Å². The van der Waals surface area contributed by atoms with Gasteiger partial charge in [0.2, 0.25) is 27.8 Å². The molecule has 4 aliphatic rings. The molecule has 1 saturated heterocycles. The first-order chi connectivity index (χ1) is 44.6. The van der Waals surface area contributed by atoms with Gasteiger partial charge in [-0.15, -0.1) is 0 Å². The molecule has 6 aromatic carbocycles. The zero-order valence-electron chi connectivity index (χ0n) is 50.6. The number of hydrogen-bond acceptors (Lipinski definition) is 15. The van der Waals surface area contributed by atoms with Crippen LogP contribution in [0.15, 0.2) is 197 Å². The quantitative estimate of drug-likeness (QED) is 0.0862. The molecule has 21 heteroatoms. The van der Waals surface area contributed by atoms with Gasteiger partial charge in [-0.2, -0.15) is 15.3 Å². The van der Waals surface area contributed by atoms with Crippen molar-refractivity contribution < 1.29 is 43.6 Å². The van der Waals surface area contributed by atoms with Crippen LogP contribution in [-0.4, -0.2) is 130 Å². The molecule has 1 fully saturated rings. The van der Waals surface area contributed by atoms with Crippen molar-refractivity contribution in [2.24, 2.45) is 0 Å². The Labute approximate surface area is 527 Å². The Hall–Kier alpha value is -10.8. The molecular formula is C71H65N9O12. The highest BCUT2D eigenvalue weighted by Gasteiger charge is 2.45. The fourth-order valence-electron chi connectivity index (χ4n) is 13.7. The van der Waals surface area contributed by atoms with Crippen LogP contribution >= 0.6 is 0 Å². The second-order valence-corrected chi connectivity index (χ2v) is 24.0. The van der Waals surface area contributed by atoms with Crippen molar-refractivity contribution in [1.82, 2.24) is 44.0 Å². The lowest BCUT2D eigenvalue weighted by Crippen LogP contribution is -2.52. The number of aromatic hydroxyl groups is 2. The maximum absolute atomic E-state index is 14.7. The number of phenols is 1. The molecule has 5 unspecified atom stereocenters. The third-order valence-corrected chi connectivity index (χ3v) is 18.0. The lowest BCUT2D eigenvalue weighted by atomic mass is 9.83. The van der Waals surface area contributed by atoms with Gasteiger partial charge in [0.15, 0.2) is 22.8 Å². The normalized spacial score (nSPS) is 18.1. The van der Waals surface area contributed by atoms with Crippen LogP contribution in [0.5, 0.6) is 28.7 Å². The van der Waals surface area contributed by atoms with Crippen molar-refractivity contribution in [1.29, 1.82) is 0 Å². The van der Waals surface area contributed by atoms with E-state index in [-0.39, 0.29) is 78.4 Å². The molecule has 466 valence electrons. The number of ether oxygens (including phenoxy) is 3. The van der Waals surface area contributed by atoms with Gasteiger partial charge in [-0.05, 0) is 89.9 Å². The number of carbonyl (C=O) groups excluding carboxylic acids is 4. The summed E-state index contributed by atoms with van der Waals surface area (Å²) in [5.41, 5.74) is 2.34. The molecule has 7 heterocycles. The lowest BCUT2D eigenvalue weighted by Gasteiger charge is -2.43. The number of likely N-dealkylation sites (N-methyl/N-ethyl adjacent to an activating group) is 1. The fourth-order valence-corrected chi connectivity index (χ4v) is 13.7. The fraction of sp³-hybridized carbons (Fsp3) is 0.268. The molecule has 3 aromatic heterocycles. The number of nitrogens with zero attached hydrogens (tertiary/aromatic N) is 9. The number of carbonyl (C=O) groups is 4. The molecule has 9 aromatic rings. The molecule has 0 spiro atoms. The Balaban J connectivity index is 0.837. The van der Waals surface area contributed by atoms with Gasteiger partial charge < -0.3 is 39.1 Å². The summed E-state index contributed by atoms with van der Waals surface area (Å²) < 4.78 is 22.7. The maximum Gasteiger partial charge on any atom is 0.315 e. The van der Waals surface area contributed by atoms with Crippen LogP contribution in [-0.2, 0) is 16.0 Å². The van der Waals surface area contributed by atoms with E-state index in [0.29, 0.717) is 48.3 Å². The van der Waals surface area contributed by atoms with Crippen LogP contribution < -0.4 is 25.8 Å². The first-order valence-electron chi connectivity index (χ1n) is 30.6. The Kier molecular flexibility index (Phi) is 16.5. The van der Waals surface area contributed by atoms with Crippen LogP contribution in [0, 0.1) is 0 Å². The highest BCUT2D eigenvalue weighted by atomic mass is 16.5. The number of amides is 3. The molecule has 92 heavy (non-hydrogen) atoms. The van der Waals surface area contributed by atoms with E-state index in [4.69, 9.17) is 14.2 Å². The summed E-state index contributed by atoms with van der Waals surface area (Å²) in [6, 6.07) is 47.5. The van der Waals surface area contributed by atoms with Gasteiger partial charge in [0, 0.05) is 69.7 Å². The van der Waals surface area contributed by atoms with Crippen LogP contribution in [0.3, 0.4) is 0 Å². The van der Waals surface area contributed by atoms with Crippen LogP contribution in [0.2, 0.25) is 0 Å². The standard InChI is InChI=1S/C71H65N9O12/c1-42(2)76-40-54(60(44-17-7-4-8-18-44)45-19-9-5-10-20-45)80-65(71(76)89)68(58(84)38-74-80)92-59(85)33-43-16-13-23-47(32-43)62(48-24-14-26-51(81)34-48)53-39-75(3)69(87)64-67(57(83)37-73-79(53)64)91-52-27-15-25-49(35-52)61(46-21-11-6-12-22-46)55-41-77(50-28-30-90-31-29-50)70(88)63-66(86)56(82)36-72-78(55)63/h4-27,32,34-38,42,50,53-55,60-62,81,86H,28-31,33,39-41H2,1-3H3. The van der Waals surface area contributed by atoms with E-state index in [1.807, 2.05) is 123 Å². The Morgan fingerprint density at radius 3 is 1.63 bits per heavy atom. The molecule has 0 aliphatic carbocycles. The zero-order chi connectivity index (χ0) is 63.9. The van der Waals surface area contributed by atoms with Gasteiger partial charge in [0.1, 0.15) is 11.5 Å². The summed E-state index contributed by atoms with van der Waals surface area (Å²) in [4.78, 5) is 104. The monoisotopic (exact) mass is 1240 g/mol. The molecule has 21 nitrogen and oxygen atoms in total. The topological polar surface area (TPSA) is 251 Å². The van der Waals surface area contributed by atoms with E-state index in [1.54, 1.807) is 65.4 Å². The summed E-state index contributed by atoms with van der Waals surface area (Å²) in [5, 5.41) is 36.0. The number of phenolic OH excluding ortho intramolecular Hbond substituents is 1. The zero-order valence-corrected chi connectivity index (χ0v) is 50.6. The van der Waals surface area contributed by atoms with Crippen LogP contribution in [0.1, 0.15) is 133 Å². The third kappa shape index (κ3) is 11.4. The largest absolute Gasteiger partial charge is 0.508 e. The van der Waals surface area contributed by atoms with Crippen molar-refractivity contribution in [3.63, 3.8) is 0 Å². The molecule has 5 atom stereocenters. The number of benzene rings is 6. The molecule has 0 saturated carbocycles. The number of aromatic nitrogens is 6. The summed E-state index contributed by atoms with van der Waals surface area (Å²) in [7, 11) is 1.60. The van der Waals surface area contributed by atoms with Crippen molar-refractivity contribution in [2.45, 2.75) is 81.1 Å². The van der Waals surface area contributed by atoms with Crippen LogP contribution in [0.25, 0.3) is 0 Å². The molecule has 13 rings (SSSR count). The highest BCUT2D eigenvalue weighted by Crippen LogP contribution is 2.45. The Bertz CT molecular complexity index is 4460. The van der Waals surface area contributed by atoms with Gasteiger partial charge in [0.25, 0.3) is 17.7 Å². The minimum absolute atomic E-state index is 0.0438. The SMILES string of the molecule is CC(C)N1CC(C(c2ccccc2)c2ccccc2)n2ncc(=O)c(OC(=O)Cc3cccc(C(c4cccc(O)c4)C4CN(C)C(=O)c5c(Oc6cccc(C(c7ccccc7)C7CN(C8CCOCC8)C(=O)c8c(O)c(=O)cnn87)c6)c(=O)cnn54)c3)c2C1=O. The van der Waals surface area contributed by atoms with E-state index in [1.165, 1.54) is 25.0 Å². The number of hydrogen-bond donors (Lipinski definition) is 2. The predicted molar refractivity (Wildman–Crippen MR) is 338 cm³/mol. The van der Waals surface area contributed by atoms with Gasteiger partial charge in [-0.3, -0.25) is 47.6 Å². The van der Waals surface area contributed by atoms with Gasteiger partial charge in [-0.1, -0.05) is 140 Å². The minimum atomic E-state index is -0.827. The number of rotatable bonds is 16. The van der Waals surface area contributed by atoms with Gasteiger partial charge >= 0.3 is 5.97 Å². The van der Waals surface area contributed by atoms with E-state index < -0.39 is 81.4 Å². The summed E-state index contributed by atoms with van der Waals surface area (Å²) in [6.45, 7) is 5.12.